The number of fused-ring (bicyclic) bond motifs is 2. The highest BCUT2D eigenvalue weighted by molar-refractivity contribution is 8.02. The van der Waals surface area contributed by atoms with E-state index >= 15 is 0 Å². The van der Waals surface area contributed by atoms with Crippen molar-refractivity contribution < 1.29 is 31.5 Å². The lowest BCUT2D eigenvalue weighted by Gasteiger charge is -2.26. The Hall–Kier alpha value is -3.38. The molecule has 12 heteroatoms. The van der Waals surface area contributed by atoms with E-state index in [1.165, 1.54) is 41.1 Å². The normalized spacial score (nSPS) is 13.9. The van der Waals surface area contributed by atoms with Crippen molar-refractivity contribution in [3.63, 3.8) is 0 Å². The Labute approximate surface area is 202 Å². The van der Waals surface area contributed by atoms with E-state index < -0.39 is 29.3 Å². The van der Waals surface area contributed by atoms with Gasteiger partial charge in [-0.2, -0.15) is 13.2 Å². The van der Waals surface area contributed by atoms with Gasteiger partial charge in [0.15, 0.2) is 0 Å². The van der Waals surface area contributed by atoms with Crippen molar-refractivity contribution in [2.45, 2.75) is 16.9 Å². The van der Waals surface area contributed by atoms with Gasteiger partial charge in [0.2, 0.25) is 5.91 Å². The minimum atomic E-state index is -4.73. The first-order valence-corrected chi connectivity index (χ1v) is 11.9. The molecule has 0 radical (unpaired) electrons. The zero-order valence-corrected chi connectivity index (χ0v) is 19.1. The minimum Gasteiger partial charge on any atom is -0.359 e. The molecule has 0 fully saturated rings. The largest absolute Gasteiger partial charge is 0.416 e. The molecule has 0 spiro atoms. The molecule has 0 atom stereocenters. The maximum Gasteiger partial charge on any atom is 0.416 e. The van der Waals surface area contributed by atoms with Crippen LogP contribution in [0.4, 0.5) is 33.3 Å². The molecule has 0 aliphatic carbocycles. The predicted octanol–water partition coefficient (Wildman–Crippen LogP) is 6.42. The fraction of sp³-hybridized carbons (Fsp3) is 0.130. The zero-order chi connectivity index (χ0) is 24.9. The Morgan fingerprint density at radius 1 is 1.09 bits per heavy atom. The standard InChI is InChI=1S/C23H14F5N3O2S2/c24-13-1-2-16-15(6-13)17(8-29-16)30-21(33)19-7-18-22(35-19)34-10-20(32)31(18)9-11-3-12(23(26,27)28)5-14(25)4-11/h1-8,29H,9-10H2,(H,30,33). The fourth-order valence-electron chi connectivity index (χ4n) is 3.75. The number of nitrogens with one attached hydrogen (secondary N) is 2. The van der Waals surface area contributed by atoms with Crippen molar-refractivity contribution in [1.29, 1.82) is 0 Å². The number of halogens is 5. The van der Waals surface area contributed by atoms with Crippen LogP contribution in [0.5, 0.6) is 0 Å². The van der Waals surface area contributed by atoms with Crippen molar-refractivity contribution in [3.8, 4) is 0 Å². The first-order chi connectivity index (χ1) is 16.6. The number of rotatable bonds is 4. The first kappa shape index (κ1) is 23.4. The third-order valence-corrected chi connectivity index (χ3v) is 7.72. The summed E-state index contributed by atoms with van der Waals surface area (Å²) < 4.78 is 67.4. The van der Waals surface area contributed by atoms with Crippen molar-refractivity contribution in [3.05, 3.63) is 76.3 Å². The number of anilines is 2. The van der Waals surface area contributed by atoms with E-state index in [9.17, 15) is 31.5 Å². The van der Waals surface area contributed by atoms with Crippen LogP contribution >= 0.6 is 23.1 Å². The number of alkyl halides is 3. The molecule has 0 saturated carbocycles. The predicted molar refractivity (Wildman–Crippen MR) is 124 cm³/mol. The van der Waals surface area contributed by atoms with Crippen molar-refractivity contribution in [2.24, 2.45) is 0 Å². The van der Waals surface area contributed by atoms with Gasteiger partial charge in [-0.3, -0.25) is 9.59 Å². The van der Waals surface area contributed by atoms with Crippen LogP contribution in [0.25, 0.3) is 10.9 Å². The molecule has 4 aromatic rings. The highest BCUT2D eigenvalue weighted by atomic mass is 32.2. The van der Waals surface area contributed by atoms with Crippen LogP contribution < -0.4 is 10.2 Å². The van der Waals surface area contributed by atoms with Crippen molar-refractivity contribution in [2.75, 3.05) is 16.0 Å². The van der Waals surface area contributed by atoms with Crippen LogP contribution in [0.3, 0.4) is 0 Å². The molecule has 5 rings (SSSR count). The quantitative estimate of drug-likeness (QED) is 0.304. The molecule has 180 valence electrons. The number of amides is 2. The van der Waals surface area contributed by atoms with Gasteiger partial charge in [-0.25, -0.2) is 8.78 Å². The summed E-state index contributed by atoms with van der Waals surface area (Å²) in [6, 6.07) is 7.72. The summed E-state index contributed by atoms with van der Waals surface area (Å²) in [7, 11) is 0. The Morgan fingerprint density at radius 3 is 2.66 bits per heavy atom. The Bertz CT molecular complexity index is 1480. The van der Waals surface area contributed by atoms with Gasteiger partial charge in [-0.1, -0.05) is 0 Å². The number of carbonyl (C=O) groups excluding carboxylic acids is 2. The topological polar surface area (TPSA) is 65.2 Å². The molecule has 2 aromatic heterocycles. The van der Waals surface area contributed by atoms with E-state index in [-0.39, 0.29) is 28.6 Å². The van der Waals surface area contributed by atoms with Crippen LogP contribution in [-0.2, 0) is 17.5 Å². The van der Waals surface area contributed by atoms with Gasteiger partial charge in [0.25, 0.3) is 5.91 Å². The van der Waals surface area contributed by atoms with E-state index in [4.69, 9.17) is 0 Å². The number of thiophene rings is 1. The second kappa shape index (κ2) is 8.68. The van der Waals surface area contributed by atoms with Crippen LogP contribution in [0, 0.1) is 11.6 Å². The van der Waals surface area contributed by atoms with Gasteiger partial charge >= 0.3 is 6.18 Å². The second-order valence-electron chi connectivity index (χ2n) is 7.74. The lowest BCUT2D eigenvalue weighted by molar-refractivity contribution is -0.137. The van der Waals surface area contributed by atoms with E-state index in [2.05, 4.69) is 10.3 Å². The molecule has 5 nitrogen and oxygen atoms in total. The smallest absolute Gasteiger partial charge is 0.359 e. The van der Waals surface area contributed by atoms with Gasteiger partial charge in [0.05, 0.1) is 38.3 Å². The number of carbonyl (C=O) groups is 2. The lowest BCUT2D eigenvalue weighted by Crippen LogP contribution is -2.34. The summed E-state index contributed by atoms with van der Waals surface area (Å²) in [4.78, 5) is 29.9. The molecule has 0 saturated heterocycles. The average molecular weight is 524 g/mol. The average Bonchev–Trinajstić information content (AvgIpc) is 3.39. The van der Waals surface area contributed by atoms with Gasteiger partial charge in [0.1, 0.15) is 11.6 Å². The molecule has 3 heterocycles. The second-order valence-corrected chi connectivity index (χ2v) is 10.0. The molecule has 2 amide bonds. The summed E-state index contributed by atoms with van der Waals surface area (Å²) in [5.41, 5.74) is 0.196. The third-order valence-electron chi connectivity index (χ3n) is 5.34. The molecular weight excluding hydrogens is 509 g/mol. The highest BCUT2D eigenvalue weighted by Gasteiger charge is 2.33. The Morgan fingerprint density at radius 2 is 1.89 bits per heavy atom. The Kier molecular flexibility index (Phi) is 5.80. The number of aromatic amines is 1. The summed E-state index contributed by atoms with van der Waals surface area (Å²) in [5.74, 6) is -2.37. The first-order valence-electron chi connectivity index (χ1n) is 10.1. The summed E-state index contributed by atoms with van der Waals surface area (Å²) in [6.45, 7) is -0.285. The van der Waals surface area contributed by atoms with E-state index in [0.717, 1.165) is 23.5 Å². The van der Waals surface area contributed by atoms with E-state index in [1.54, 1.807) is 6.07 Å². The summed E-state index contributed by atoms with van der Waals surface area (Å²) >= 11 is 2.33. The third kappa shape index (κ3) is 4.63. The number of hydrogen-bond donors (Lipinski definition) is 2. The molecular formula is C23H14F5N3O2S2. The summed E-state index contributed by atoms with van der Waals surface area (Å²) in [5, 5.41) is 3.19. The van der Waals surface area contributed by atoms with Gasteiger partial charge in [0, 0.05) is 17.1 Å². The van der Waals surface area contributed by atoms with Crippen LogP contribution in [0.2, 0.25) is 0 Å². The summed E-state index contributed by atoms with van der Waals surface area (Å²) in [6.07, 6.45) is -3.20. The zero-order valence-electron chi connectivity index (χ0n) is 17.5. The van der Waals surface area contributed by atoms with Crippen molar-refractivity contribution >= 4 is 57.2 Å². The van der Waals surface area contributed by atoms with E-state index in [0.29, 0.717) is 32.6 Å². The van der Waals surface area contributed by atoms with Crippen molar-refractivity contribution in [1.82, 2.24) is 4.98 Å². The van der Waals surface area contributed by atoms with Gasteiger partial charge < -0.3 is 15.2 Å². The molecule has 2 aromatic carbocycles. The minimum absolute atomic E-state index is 0.0255. The molecule has 1 aliphatic heterocycles. The molecule has 0 unspecified atom stereocenters. The van der Waals surface area contributed by atoms with Gasteiger partial charge in [-0.05, 0) is 48.0 Å². The Balaban J connectivity index is 1.42. The van der Waals surface area contributed by atoms with Crippen LogP contribution in [0.1, 0.15) is 20.8 Å². The van der Waals surface area contributed by atoms with Gasteiger partial charge in [-0.15, -0.1) is 23.1 Å². The lowest BCUT2D eigenvalue weighted by atomic mass is 10.1. The van der Waals surface area contributed by atoms with E-state index in [1.807, 2.05) is 0 Å². The number of thioether (sulfide) groups is 1. The number of nitrogens with zero attached hydrogens (tertiary/aromatic N) is 1. The molecule has 2 N–H and O–H groups in total. The molecule has 0 bridgehead atoms. The SMILES string of the molecule is O=C(Nc1c[nH]c2ccc(F)cc12)c1cc2c(s1)SCC(=O)N2Cc1cc(F)cc(C(F)(F)F)c1. The maximum absolute atomic E-state index is 13.8. The fourth-order valence-corrected chi connectivity index (χ4v) is 5.95. The van der Waals surface area contributed by atoms with Crippen LogP contribution in [0.15, 0.2) is 52.9 Å². The number of hydrogen-bond acceptors (Lipinski definition) is 4. The molecule has 1 aliphatic rings. The molecule has 35 heavy (non-hydrogen) atoms. The monoisotopic (exact) mass is 523 g/mol. The number of H-pyrrole nitrogens is 1. The van der Waals surface area contributed by atoms with Crippen LogP contribution in [-0.4, -0.2) is 22.6 Å². The highest BCUT2D eigenvalue weighted by Crippen LogP contribution is 2.43. The number of benzene rings is 2. The number of aromatic nitrogens is 1. The maximum atomic E-state index is 13.8.